The van der Waals surface area contributed by atoms with E-state index in [1.54, 1.807) is 7.11 Å². The molecule has 0 aliphatic rings. The molecule has 0 aromatic rings. The van der Waals surface area contributed by atoms with Gasteiger partial charge in [0, 0.05) is 13.5 Å². The number of aliphatic hydroxyl groups is 1. The summed E-state index contributed by atoms with van der Waals surface area (Å²) in [5.74, 6) is -92.9. The van der Waals surface area contributed by atoms with E-state index >= 15 is 0 Å². The van der Waals surface area contributed by atoms with Crippen molar-refractivity contribution < 1.29 is 171 Å². The predicted molar refractivity (Wildman–Crippen MR) is 185 cm³/mol. The fourth-order valence-corrected chi connectivity index (χ4v) is 4.95. The van der Waals surface area contributed by atoms with Crippen molar-refractivity contribution in [2.75, 3.05) is 133 Å². The minimum Gasteiger partial charge on any atom is -0.390 e. The van der Waals surface area contributed by atoms with Gasteiger partial charge in [0.2, 0.25) is 0 Å². The molecule has 11 nitrogen and oxygen atoms in total. The van der Waals surface area contributed by atoms with Gasteiger partial charge in [0.05, 0.1) is 132 Å². The van der Waals surface area contributed by atoms with Crippen LogP contribution in [0.1, 0.15) is 6.42 Å². The molecular formula is C35H45F27O11. The topological polar surface area (TPSA) is 113 Å². The second-order valence-corrected chi connectivity index (χ2v) is 14.4. The number of ether oxygens (including phenoxy) is 10. The minimum atomic E-state index is -9.89. The van der Waals surface area contributed by atoms with E-state index in [4.69, 9.17) is 42.6 Å². The second-order valence-electron chi connectivity index (χ2n) is 14.4. The molecule has 0 rings (SSSR count). The molecule has 73 heavy (non-hydrogen) atoms. The summed E-state index contributed by atoms with van der Waals surface area (Å²) in [7, 11) is 1.55. The van der Waals surface area contributed by atoms with Crippen LogP contribution in [0.15, 0.2) is 0 Å². The molecule has 0 aromatic carbocycles. The number of halogens is 27. The summed E-state index contributed by atoms with van der Waals surface area (Å²) in [6.45, 7) is 0.300. The number of hydrogen-bond acceptors (Lipinski definition) is 11. The Labute approximate surface area is 394 Å². The molecule has 0 amide bonds. The lowest BCUT2D eigenvalue weighted by Gasteiger charge is -2.46. The first-order chi connectivity index (χ1) is 33.0. The first-order valence-corrected chi connectivity index (χ1v) is 19.9. The van der Waals surface area contributed by atoms with Crippen LogP contribution in [0.25, 0.3) is 0 Å². The summed E-state index contributed by atoms with van der Waals surface area (Å²) in [4.78, 5) is 0. The molecule has 0 saturated carbocycles. The molecule has 0 saturated heterocycles. The van der Waals surface area contributed by atoms with Crippen molar-refractivity contribution in [2.24, 2.45) is 0 Å². The number of hydrogen-bond donors (Lipinski definition) is 1. The van der Waals surface area contributed by atoms with Gasteiger partial charge in [0.1, 0.15) is 0 Å². The van der Waals surface area contributed by atoms with Crippen molar-refractivity contribution in [1.29, 1.82) is 0 Å². The molecule has 0 bridgehead atoms. The molecule has 1 atom stereocenters. The molecular weight excluding hydrogens is 1110 g/mol. The summed E-state index contributed by atoms with van der Waals surface area (Å²) in [5, 5.41) is 9.48. The van der Waals surface area contributed by atoms with Crippen molar-refractivity contribution in [3.05, 3.63) is 0 Å². The third-order valence-corrected chi connectivity index (χ3v) is 9.04. The van der Waals surface area contributed by atoms with Crippen LogP contribution in [0.2, 0.25) is 0 Å². The van der Waals surface area contributed by atoms with E-state index in [9.17, 15) is 124 Å². The van der Waals surface area contributed by atoms with Gasteiger partial charge in [0.25, 0.3) is 0 Å². The van der Waals surface area contributed by atoms with E-state index in [1.165, 1.54) is 0 Å². The summed E-state index contributed by atoms with van der Waals surface area (Å²) in [6.07, 6.45) is -24.1. The average Bonchev–Trinajstić information content (AvgIpc) is 3.25. The van der Waals surface area contributed by atoms with E-state index in [0.717, 1.165) is 0 Å². The molecule has 0 radical (unpaired) electrons. The van der Waals surface area contributed by atoms with Crippen LogP contribution in [0.5, 0.6) is 0 Å². The number of rotatable bonds is 41. The van der Waals surface area contributed by atoms with Gasteiger partial charge in [-0.05, 0) is 0 Å². The van der Waals surface area contributed by atoms with E-state index in [-0.39, 0.29) is 52.9 Å². The maximum Gasteiger partial charge on any atom is 0.438 e. The van der Waals surface area contributed by atoms with Gasteiger partial charge in [0.15, 0.2) is 0 Å². The van der Waals surface area contributed by atoms with E-state index < -0.39 is 110 Å². The summed E-state index contributed by atoms with van der Waals surface area (Å²) >= 11 is 0. The van der Waals surface area contributed by atoms with E-state index in [1.807, 2.05) is 0 Å². The third-order valence-electron chi connectivity index (χ3n) is 9.04. The van der Waals surface area contributed by atoms with Crippen LogP contribution in [-0.2, 0) is 47.4 Å². The van der Waals surface area contributed by atoms with Gasteiger partial charge in [-0.2, -0.15) is 114 Å². The Morgan fingerprint density at radius 1 is 0.274 bits per heavy atom. The van der Waals surface area contributed by atoms with E-state index in [0.29, 0.717) is 52.9 Å². The van der Waals surface area contributed by atoms with E-state index in [2.05, 4.69) is 4.74 Å². The maximum atomic E-state index is 14.2. The van der Waals surface area contributed by atoms with Crippen LogP contribution in [0.4, 0.5) is 119 Å². The lowest BCUT2D eigenvalue weighted by Crippen LogP contribution is -2.79. The zero-order chi connectivity index (χ0) is 57.3. The highest BCUT2D eigenvalue weighted by Crippen LogP contribution is 2.69. The number of alkyl halides is 27. The average molecular weight is 1150 g/mol. The molecule has 38 heteroatoms. The molecule has 0 aliphatic heterocycles. The zero-order valence-electron chi connectivity index (χ0n) is 37.0. The summed E-state index contributed by atoms with van der Waals surface area (Å²) < 4.78 is 422. The Morgan fingerprint density at radius 2 is 0.466 bits per heavy atom. The van der Waals surface area contributed by atoms with Crippen molar-refractivity contribution in [3.63, 3.8) is 0 Å². The smallest absolute Gasteiger partial charge is 0.390 e. The van der Waals surface area contributed by atoms with Crippen LogP contribution < -0.4 is 0 Å². The van der Waals surface area contributed by atoms with Gasteiger partial charge >= 0.3 is 77.2 Å². The van der Waals surface area contributed by atoms with Gasteiger partial charge in [-0.25, -0.2) is 4.39 Å². The SMILES string of the molecule is COCCOCCOCCOCCOCCOCCOCCOCCOCCOCC(O)CC(F)(F)C(F)(F)C(F)(F)C(F)(F)C(F)(F)C(F)(F)C(F)(F)C(F)(F)C(F)(F)C(F)(F)C(F)(C(F)(F)F)C(F)(F)F. The van der Waals surface area contributed by atoms with Crippen LogP contribution >= 0.6 is 0 Å². The fraction of sp³-hybridized carbons (Fsp3) is 1.00. The highest BCUT2D eigenvalue weighted by atomic mass is 19.4. The molecule has 0 aromatic heterocycles. The minimum absolute atomic E-state index is 0.0140. The Kier molecular flexibility index (Phi) is 26.9. The highest BCUT2D eigenvalue weighted by molar-refractivity contribution is 5.22. The molecule has 0 aliphatic carbocycles. The van der Waals surface area contributed by atoms with Crippen molar-refractivity contribution in [3.8, 4) is 0 Å². The molecule has 0 spiro atoms. The zero-order valence-corrected chi connectivity index (χ0v) is 37.0. The molecule has 440 valence electrons. The summed E-state index contributed by atoms with van der Waals surface area (Å²) in [6, 6.07) is 0. The van der Waals surface area contributed by atoms with Crippen molar-refractivity contribution in [2.45, 2.75) is 89.8 Å². The lowest BCUT2D eigenvalue weighted by atomic mass is 9.81. The Balaban J connectivity index is 5.06. The van der Waals surface area contributed by atoms with Crippen LogP contribution in [-0.4, -0.2) is 221 Å². The van der Waals surface area contributed by atoms with Crippen molar-refractivity contribution >= 4 is 0 Å². The summed E-state index contributed by atoms with van der Waals surface area (Å²) in [5.41, 5.74) is -9.26. The number of aliphatic hydroxyl groups excluding tert-OH is 1. The van der Waals surface area contributed by atoms with Crippen LogP contribution in [0.3, 0.4) is 0 Å². The highest BCUT2D eigenvalue weighted by Gasteiger charge is 3.01. The standard InChI is InChI=1S/C35H45F27O11/c1-64-2-3-65-4-5-66-6-7-67-8-9-68-10-11-69-12-13-70-14-15-71-16-17-72-18-19-73-21-22(63)20-23(36,37)25(39,40)27(43,44)29(47,48)31(51,52)33(55,56)32(53,54)30(49,50)28(45,46)26(41,42)24(38,34(57,58)59)35(60,61)62/h22,63H,2-21H2,1H3. The molecule has 1 unspecified atom stereocenters. The maximum absolute atomic E-state index is 14.2. The normalized spacial score (nSPS) is 15.4. The Hall–Kier alpha value is -2.33. The van der Waals surface area contributed by atoms with Crippen LogP contribution in [0, 0.1) is 0 Å². The first-order valence-electron chi connectivity index (χ1n) is 19.9. The van der Waals surface area contributed by atoms with Gasteiger partial charge < -0.3 is 52.5 Å². The third kappa shape index (κ3) is 16.1. The Morgan fingerprint density at radius 3 is 0.685 bits per heavy atom. The molecule has 1 N–H and O–H groups in total. The Bertz CT molecular complexity index is 1540. The lowest BCUT2D eigenvalue weighted by molar-refractivity contribution is -0.487. The monoisotopic (exact) mass is 1150 g/mol. The van der Waals surface area contributed by atoms with Gasteiger partial charge in [-0.15, -0.1) is 0 Å². The van der Waals surface area contributed by atoms with Gasteiger partial charge in [-0.3, -0.25) is 0 Å². The predicted octanol–water partition coefficient (Wildman–Crippen LogP) is 8.72. The number of methoxy groups -OCH3 is 1. The van der Waals surface area contributed by atoms with Gasteiger partial charge in [-0.1, -0.05) is 0 Å². The largest absolute Gasteiger partial charge is 0.438 e. The quantitative estimate of drug-likeness (QED) is 0.0469. The fourth-order valence-electron chi connectivity index (χ4n) is 4.95. The first kappa shape index (κ1) is 70.7. The van der Waals surface area contributed by atoms with Crippen molar-refractivity contribution in [1.82, 2.24) is 0 Å². The molecule has 0 fully saturated rings. The molecule has 0 heterocycles. The second kappa shape index (κ2) is 27.8.